The van der Waals surface area contributed by atoms with Crippen LogP contribution in [0.25, 0.3) is 0 Å². The van der Waals surface area contributed by atoms with Crippen LogP contribution in [0.2, 0.25) is 0 Å². The molecule has 1 aliphatic rings. The Bertz CT molecular complexity index is 842. The molecule has 1 aliphatic heterocycles. The van der Waals surface area contributed by atoms with Crippen LogP contribution in [0.4, 0.5) is 0 Å². The Labute approximate surface area is 161 Å². The first-order valence-corrected chi connectivity index (χ1v) is 9.61. The van der Waals surface area contributed by atoms with E-state index in [1.54, 1.807) is 29.6 Å². The van der Waals surface area contributed by atoms with Crippen molar-refractivity contribution in [3.8, 4) is 5.75 Å². The molecular weight excluding hydrogens is 366 g/mol. The summed E-state index contributed by atoms with van der Waals surface area (Å²) in [6, 6.07) is 9.04. The molecule has 7 heteroatoms. The van der Waals surface area contributed by atoms with Crippen molar-refractivity contribution in [2.75, 3.05) is 19.8 Å². The number of amides is 1. The number of rotatable bonds is 8. The number of aromatic hydroxyl groups is 1. The molecule has 1 atom stereocenters. The number of carbonyl (C=O) groups excluding carboxylic acids is 2. The largest absolute Gasteiger partial charge is 0.508 e. The van der Waals surface area contributed by atoms with E-state index in [9.17, 15) is 19.8 Å². The van der Waals surface area contributed by atoms with Crippen molar-refractivity contribution in [2.45, 2.75) is 19.4 Å². The van der Waals surface area contributed by atoms with Crippen LogP contribution in [0.15, 0.2) is 53.1 Å². The first kappa shape index (κ1) is 19.1. The monoisotopic (exact) mass is 387 g/mol. The molecule has 0 spiro atoms. The van der Waals surface area contributed by atoms with Crippen LogP contribution < -0.4 is 0 Å². The van der Waals surface area contributed by atoms with Crippen LogP contribution in [0.1, 0.15) is 34.6 Å². The van der Waals surface area contributed by atoms with Crippen LogP contribution in [-0.4, -0.2) is 46.6 Å². The number of phenols is 1. The molecule has 1 aromatic heterocycles. The topological polar surface area (TPSA) is 87.1 Å². The lowest BCUT2D eigenvalue weighted by Crippen LogP contribution is -2.32. The summed E-state index contributed by atoms with van der Waals surface area (Å²) in [5, 5.41) is 21.8. The van der Waals surface area contributed by atoms with Crippen molar-refractivity contribution in [1.29, 1.82) is 0 Å². The number of Topliss-reactive ketones (excluding diaryl/α,β-unsaturated/α-hetero) is 1. The van der Waals surface area contributed by atoms with E-state index in [0.717, 1.165) is 0 Å². The number of ketones is 1. The smallest absolute Gasteiger partial charge is 0.290 e. The van der Waals surface area contributed by atoms with Crippen LogP contribution in [-0.2, 0) is 9.53 Å². The van der Waals surface area contributed by atoms with Gasteiger partial charge in [-0.3, -0.25) is 9.59 Å². The number of carbonyl (C=O) groups is 2. The second-order valence-corrected chi connectivity index (χ2v) is 7.06. The normalized spacial score (nSPS) is 17.0. The molecule has 2 heterocycles. The summed E-state index contributed by atoms with van der Waals surface area (Å²) in [6.45, 7) is 3.31. The maximum absolute atomic E-state index is 13.0. The molecule has 1 amide bonds. The highest BCUT2D eigenvalue weighted by Crippen LogP contribution is 2.39. The van der Waals surface area contributed by atoms with Gasteiger partial charge < -0.3 is 19.8 Å². The van der Waals surface area contributed by atoms with E-state index in [1.165, 1.54) is 28.4 Å². The van der Waals surface area contributed by atoms with Crippen LogP contribution in [0.3, 0.4) is 0 Å². The summed E-state index contributed by atoms with van der Waals surface area (Å²) < 4.78 is 5.33. The number of phenolic OH excluding ortho intramolecular Hbond substituents is 1. The molecule has 27 heavy (non-hydrogen) atoms. The second kappa shape index (κ2) is 8.37. The summed E-state index contributed by atoms with van der Waals surface area (Å²) in [7, 11) is 0. The van der Waals surface area contributed by atoms with E-state index in [-0.39, 0.29) is 17.1 Å². The Morgan fingerprint density at radius 3 is 2.59 bits per heavy atom. The Morgan fingerprint density at radius 1 is 1.22 bits per heavy atom. The first-order chi connectivity index (χ1) is 13.0. The van der Waals surface area contributed by atoms with Gasteiger partial charge in [0.05, 0.1) is 16.5 Å². The number of hydrogen-bond donors (Lipinski definition) is 2. The predicted molar refractivity (Wildman–Crippen MR) is 102 cm³/mol. The third-order valence-electron chi connectivity index (χ3n) is 4.39. The third-order valence-corrected chi connectivity index (χ3v) is 5.26. The van der Waals surface area contributed by atoms with Gasteiger partial charge in [0, 0.05) is 19.8 Å². The number of nitrogens with zero attached hydrogens (tertiary/aromatic N) is 1. The Balaban J connectivity index is 1.96. The first-order valence-electron chi connectivity index (χ1n) is 8.73. The lowest BCUT2D eigenvalue weighted by Gasteiger charge is -2.26. The molecule has 142 valence electrons. The lowest BCUT2D eigenvalue weighted by atomic mass is 9.95. The molecule has 0 aliphatic carbocycles. The Hall–Kier alpha value is -2.64. The average molecular weight is 387 g/mol. The van der Waals surface area contributed by atoms with Gasteiger partial charge in [-0.2, -0.15) is 0 Å². The lowest BCUT2D eigenvalue weighted by molar-refractivity contribution is -0.129. The van der Waals surface area contributed by atoms with Gasteiger partial charge >= 0.3 is 0 Å². The molecule has 1 aromatic carbocycles. The number of ether oxygens (including phenoxy) is 1. The van der Waals surface area contributed by atoms with Crippen molar-refractivity contribution in [3.63, 3.8) is 0 Å². The molecular formula is C20H21NO5S. The van der Waals surface area contributed by atoms with E-state index in [2.05, 4.69) is 0 Å². The number of thiophene rings is 1. The van der Waals surface area contributed by atoms with Crippen molar-refractivity contribution >= 4 is 23.0 Å². The fraction of sp³-hybridized carbons (Fsp3) is 0.300. The van der Waals surface area contributed by atoms with Gasteiger partial charge in [0.2, 0.25) is 5.78 Å². The zero-order valence-corrected chi connectivity index (χ0v) is 15.7. The third kappa shape index (κ3) is 3.89. The van der Waals surface area contributed by atoms with E-state index < -0.39 is 17.7 Å². The van der Waals surface area contributed by atoms with Crippen molar-refractivity contribution in [1.82, 2.24) is 4.90 Å². The van der Waals surface area contributed by atoms with Crippen LogP contribution in [0.5, 0.6) is 5.75 Å². The Morgan fingerprint density at radius 2 is 1.96 bits per heavy atom. The number of hydrogen-bond acceptors (Lipinski definition) is 6. The van der Waals surface area contributed by atoms with Crippen LogP contribution >= 0.6 is 11.3 Å². The zero-order valence-electron chi connectivity index (χ0n) is 14.9. The molecule has 2 N–H and O–H groups in total. The molecule has 2 aromatic rings. The Kier molecular flexibility index (Phi) is 5.93. The average Bonchev–Trinajstić information content (AvgIpc) is 3.28. The zero-order chi connectivity index (χ0) is 19.4. The van der Waals surface area contributed by atoms with E-state index in [1.807, 2.05) is 6.92 Å². The molecule has 0 bridgehead atoms. The van der Waals surface area contributed by atoms with E-state index in [0.29, 0.717) is 36.6 Å². The van der Waals surface area contributed by atoms with E-state index >= 15 is 0 Å². The minimum atomic E-state index is -0.700. The predicted octanol–water partition coefficient (Wildman–Crippen LogP) is 3.46. The minimum Gasteiger partial charge on any atom is -0.508 e. The number of aliphatic hydroxyl groups excluding tert-OH is 1. The fourth-order valence-electron chi connectivity index (χ4n) is 3.14. The summed E-state index contributed by atoms with van der Waals surface area (Å²) in [5.74, 6) is -1.35. The quantitative estimate of drug-likeness (QED) is 0.535. The van der Waals surface area contributed by atoms with Gasteiger partial charge in [0.1, 0.15) is 5.75 Å². The van der Waals surface area contributed by atoms with Gasteiger partial charge in [-0.15, -0.1) is 11.3 Å². The van der Waals surface area contributed by atoms with Gasteiger partial charge in [-0.1, -0.05) is 18.2 Å². The maximum Gasteiger partial charge on any atom is 0.290 e. The maximum atomic E-state index is 13.0. The highest BCUT2D eigenvalue weighted by molar-refractivity contribution is 7.12. The summed E-state index contributed by atoms with van der Waals surface area (Å²) in [6.07, 6.45) is 0.585. The van der Waals surface area contributed by atoms with Crippen molar-refractivity contribution in [3.05, 3.63) is 63.6 Å². The van der Waals surface area contributed by atoms with Gasteiger partial charge in [0.15, 0.2) is 5.76 Å². The fourth-order valence-corrected chi connectivity index (χ4v) is 3.82. The molecule has 3 rings (SSSR count). The number of benzene rings is 1. The molecule has 1 unspecified atom stereocenters. The van der Waals surface area contributed by atoms with Crippen LogP contribution in [0, 0.1) is 0 Å². The SMILES string of the molecule is CCOCCCN1C(=O)C(O)=C(C(=O)c2cccs2)C1c1ccc(O)cc1. The second-order valence-electron chi connectivity index (χ2n) is 6.11. The summed E-state index contributed by atoms with van der Waals surface area (Å²) in [4.78, 5) is 27.6. The van der Waals surface area contributed by atoms with E-state index in [4.69, 9.17) is 4.74 Å². The minimum absolute atomic E-state index is 0.0737. The molecule has 0 saturated carbocycles. The summed E-state index contributed by atoms with van der Waals surface area (Å²) in [5.41, 5.74) is 0.728. The molecule has 0 saturated heterocycles. The molecule has 0 fully saturated rings. The summed E-state index contributed by atoms with van der Waals surface area (Å²) >= 11 is 1.26. The van der Waals surface area contributed by atoms with Gasteiger partial charge in [-0.25, -0.2) is 0 Å². The van der Waals surface area contributed by atoms with Gasteiger partial charge in [-0.05, 0) is 42.5 Å². The standard InChI is InChI=1S/C20H21NO5S/c1-2-26-11-4-10-21-17(13-6-8-14(22)9-7-13)16(19(24)20(21)25)18(23)15-5-3-12-27-15/h3,5-9,12,17,22,24H,2,4,10-11H2,1H3. The number of aliphatic hydroxyl groups is 1. The molecule has 0 radical (unpaired) electrons. The highest BCUT2D eigenvalue weighted by atomic mass is 32.1. The molecule has 6 nitrogen and oxygen atoms in total. The van der Waals surface area contributed by atoms with Crippen molar-refractivity contribution < 1.29 is 24.5 Å². The highest BCUT2D eigenvalue weighted by Gasteiger charge is 2.43. The van der Waals surface area contributed by atoms with Gasteiger partial charge in [0.25, 0.3) is 5.91 Å². The van der Waals surface area contributed by atoms with Crippen molar-refractivity contribution in [2.24, 2.45) is 0 Å².